The molecule has 0 spiro atoms. The molecular weight excluding hydrogens is 268 g/mol. The number of hydrogen-bond donors (Lipinski definition) is 2. The van der Waals surface area contributed by atoms with Gasteiger partial charge >= 0.3 is 0 Å². The molecule has 0 saturated heterocycles. The Morgan fingerprint density at radius 3 is 2.71 bits per heavy atom. The van der Waals surface area contributed by atoms with E-state index in [2.05, 4.69) is 29.2 Å². The maximum Gasteiger partial charge on any atom is 0.218 e. The van der Waals surface area contributed by atoms with Gasteiger partial charge in [0.25, 0.3) is 0 Å². The van der Waals surface area contributed by atoms with E-state index in [0.717, 1.165) is 6.42 Å². The third kappa shape index (κ3) is 6.73. The highest BCUT2D eigenvalue weighted by molar-refractivity contribution is 5.36. The van der Waals surface area contributed by atoms with Crippen LogP contribution in [0.3, 0.4) is 0 Å². The van der Waals surface area contributed by atoms with E-state index < -0.39 is 0 Å². The van der Waals surface area contributed by atoms with Gasteiger partial charge in [-0.25, -0.2) is 10.8 Å². The minimum Gasteiger partial charge on any atom is -0.477 e. The van der Waals surface area contributed by atoms with Crippen molar-refractivity contribution in [1.82, 2.24) is 9.97 Å². The minimum atomic E-state index is 0.357. The average molecular weight is 296 g/mol. The average Bonchev–Trinajstić information content (AvgIpc) is 2.52. The third-order valence-corrected chi connectivity index (χ3v) is 3.34. The molecule has 3 N–H and O–H groups in total. The number of aromatic nitrogens is 2. The van der Waals surface area contributed by atoms with Crippen LogP contribution >= 0.6 is 0 Å². The molecule has 0 bridgehead atoms. The molecule has 1 unspecified atom stereocenters. The number of unbranched alkanes of at least 4 members (excludes halogenated alkanes) is 1. The van der Waals surface area contributed by atoms with Gasteiger partial charge in [-0.15, -0.1) is 0 Å². The van der Waals surface area contributed by atoms with Crippen LogP contribution < -0.4 is 16.0 Å². The van der Waals surface area contributed by atoms with Gasteiger partial charge in [-0.1, -0.05) is 33.1 Å². The van der Waals surface area contributed by atoms with Crippen LogP contribution in [0.25, 0.3) is 0 Å². The summed E-state index contributed by atoms with van der Waals surface area (Å²) in [7, 11) is 0. The Morgan fingerprint density at radius 2 is 2.10 bits per heavy atom. The Bertz CT molecular complexity index is 401. The van der Waals surface area contributed by atoms with Gasteiger partial charge in [0.1, 0.15) is 12.4 Å². The van der Waals surface area contributed by atoms with Crippen molar-refractivity contribution < 1.29 is 9.47 Å². The van der Waals surface area contributed by atoms with E-state index in [1.165, 1.54) is 19.3 Å². The standard InChI is InChI=1S/C15H28N4O2/c1-4-7-8-12(5-2)10-21-15-9-13(19-16)17-14(18-15)11-20-6-3/h9,12H,4-8,10-11,16H2,1-3H3,(H,17,18,19). The first-order valence-corrected chi connectivity index (χ1v) is 7.78. The van der Waals surface area contributed by atoms with Gasteiger partial charge in [0, 0.05) is 12.7 Å². The zero-order chi connectivity index (χ0) is 15.5. The number of nitrogens with two attached hydrogens (primary N) is 1. The molecule has 21 heavy (non-hydrogen) atoms. The van der Waals surface area contributed by atoms with Crippen LogP contribution in [0.1, 0.15) is 52.3 Å². The summed E-state index contributed by atoms with van der Waals surface area (Å²) in [6, 6.07) is 1.71. The van der Waals surface area contributed by atoms with E-state index in [9.17, 15) is 0 Å². The molecular formula is C15H28N4O2. The summed E-state index contributed by atoms with van der Waals surface area (Å²) in [5, 5.41) is 0. The number of hydrogen-bond acceptors (Lipinski definition) is 6. The molecule has 120 valence electrons. The van der Waals surface area contributed by atoms with Gasteiger partial charge < -0.3 is 14.9 Å². The summed E-state index contributed by atoms with van der Waals surface area (Å²) in [6.45, 7) is 7.98. The van der Waals surface area contributed by atoms with Crippen molar-refractivity contribution in [3.05, 3.63) is 11.9 Å². The molecule has 0 saturated carbocycles. The van der Waals surface area contributed by atoms with E-state index in [0.29, 0.717) is 43.3 Å². The Labute approximate surface area is 127 Å². The molecule has 6 nitrogen and oxygen atoms in total. The van der Waals surface area contributed by atoms with Gasteiger partial charge in [0.05, 0.1) is 6.61 Å². The van der Waals surface area contributed by atoms with Crippen molar-refractivity contribution in [2.75, 3.05) is 18.6 Å². The van der Waals surface area contributed by atoms with Gasteiger partial charge in [-0.3, -0.25) is 0 Å². The highest BCUT2D eigenvalue weighted by Crippen LogP contribution is 2.17. The largest absolute Gasteiger partial charge is 0.477 e. The fraction of sp³-hybridized carbons (Fsp3) is 0.733. The van der Waals surface area contributed by atoms with E-state index in [-0.39, 0.29) is 0 Å². The van der Waals surface area contributed by atoms with Crippen LogP contribution in [0, 0.1) is 5.92 Å². The fourth-order valence-corrected chi connectivity index (χ4v) is 1.98. The zero-order valence-electron chi connectivity index (χ0n) is 13.4. The first-order chi connectivity index (χ1) is 10.2. The fourth-order valence-electron chi connectivity index (χ4n) is 1.98. The van der Waals surface area contributed by atoms with Crippen LogP contribution in [-0.4, -0.2) is 23.2 Å². The Kier molecular flexibility index (Phi) is 8.69. The van der Waals surface area contributed by atoms with Crippen LogP contribution in [-0.2, 0) is 11.3 Å². The molecule has 1 heterocycles. The van der Waals surface area contributed by atoms with Crippen LogP contribution in [0.5, 0.6) is 5.88 Å². The molecule has 0 fully saturated rings. The first-order valence-electron chi connectivity index (χ1n) is 7.78. The van der Waals surface area contributed by atoms with Crippen molar-refractivity contribution in [2.45, 2.75) is 53.1 Å². The van der Waals surface area contributed by atoms with E-state index >= 15 is 0 Å². The maximum atomic E-state index is 5.82. The lowest BCUT2D eigenvalue weighted by molar-refractivity contribution is 0.127. The van der Waals surface area contributed by atoms with Crippen LogP contribution in [0.4, 0.5) is 5.82 Å². The number of ether oxygens (including phenoxy) is 2. The highest BCUT2D eigenvalue weighted by atomic mass is 16.5. The molecule has 1 aromatic heterocycles. The molecule has 0 radical (unpaired) electrons. The summed E-state index contributed by atoms with van der Waals surface area (Å²) in [4.78, 5) is 8.59. The molecule has 1 rings (SSSR count). The second kappa shape index (κ2) is 10.3. The maximum absolute atomic E-state index is 5.82. The second-order valence-electron chi connectivity index (χ2n) is 5.02. The van der Waals surface area contributed by atoms with Gasteiger partial charge in [-0.05, 0) is 19.3 Å². The summed E-state index contributed by atoms with van der Waals surface area (Å²) in [5.41, 5.74) is 2.53. The lowest BCUT2D eigenvalue weighted by Crippen LogP contribution is -2.15. The number of hydrazine groups is 1. The molecule has 0 aliphatic heterocycles. The van der Waals surface area contributed by atoms with Crippen molar-refractivity contribution >= 4 is 5.82 Å². The molecule has 0 aromatic carbocycles. The number of nitrogen functional groups attached to an aromatic ring is 1. The quantitative estimate of drug-likeness (QED) is 0.482. The molecule has 0 amide bonds. The van der Waals surface area contributed by atoms with Crippen LogP contribution in [0.15, 0.2) is 6.07 Å². The smallest absolute Gasteiger partial charge is 0.218 e. The number of anilines is 1. The Balaban J connectivity index is 2.63. The molecule has 0 aliphatic carbocycles. The van der Waals surface area contributed by atoms with Crippen molar-refractivity contribution in [2.24, 2.45) is 11.8 Å². The SMILES string of the molecule is CCCCC(CC)COc1cc(NN)nc(COCC)n1. The van der Waals surface area contributed by atoms with E-state index in [1.807, 2.05) is 6.92 Å². The highest BCUT2D eigenvalue weighted by Gasteiger charge is 2.10. The summed E-state index contributed by atoms with van der Waals surface area (Å²) in [5.74, 6) is 7.64. The summed E-state index contributed by atoms with van der Waals surface area (Å²) >= 11 is 0. The molecule has 0 aliphatic rings. The first kappa shape index (κ1) is 17.7. The normalized spacial score (nSPS) is 12.2. The lowest BCUT2D eigenvalue weighted by Gasteiger charge is -2.15. The Hall–Kier alpha value is -1.40. The van der Waals surface area contributed by atoms with Gasteiger partial charge in [-0.2, -0.15) is 4.98 Å². The minimum absolute atomic E-state index is 0.357. The molecule has 1 aromatic rings. The molecule has 6 heteroatoms. The zero-order valence-corrected chi connectivity index (χ0v) is 13.4. The van der Waals surface area contributed by atoms with Gasteiger partial charge in [0.15, 0.2) is 5.82 Å². The third-order valence-electron chi connectivity index (χ3n) is 3.34. The molecule has 1 atom stereocenters. The predicted octanol–water partition coefficient (Wildman–Crippen LogP) is 2.89. The predicted molar refractivity (Wildman–Crippen MR) is 84.0 cm³/mol. The summed E-state index contributed by atoms with van der Waals surface area (Å²) < 4.78 is 11.1. The van der Waals surface area contributed by atoms with E-state index in [1.54, 1.807) is 6.07 Å². The number of rotatable bonds is 11. The van der Waals surface area contributed by atoms with E-state index in [4.69, 9.17) is 15.3 Å². The van der Waals surface area contributed by atoms with Crippen molar-refractivity contribution in [3.8, 4) is 5.88 Å². The topological polar surface area (TPSA) is 82.3 Å². The van der Waals surface area contributed by atoms with Crippen molar-refractivity contribution in [1.29, 1.82) is 0 Å². The van der Waals surface area contributed by atoms with Crippen LogP contribution in [0.2, 0.25) is 0 Å². The van der Waals surface area contributed by atoms with Crippen molar-refractivity contribution in [3.63, 3.8) is 0 Å². The number of nitrogens with zero attached hydrogens (tertiary/aromatic N) is 2. The summed E-state index contributed by atoms with van der Waals surface area (Å²) in [6.07, 6.45) is 4.74. The number of nitrogens with one attached hydrogen (secondary N) is 1. The Morgan fingerprint density at radius 1 is 1.29 bits per heavy atom. The van der Waals surface area contributed by atoms with Gasteiger partial charge in [0.2, 0.25) is 5.88 Å². The second-order valence-corrected chi connectivity index (χ2v) is 5.02. The lowest BCUT2D eigenvalue weighted by atomic mass is 10.0. The monoisotopic (exact) mass is 296 g/mol.